The number of halogens is 2. The van der Waals surface area contributed by atoms with Crippen LogP contribution in [0.4, 0.5) is 16.2 Å². The third-order valence-corrected chi connectivity index (χ3v) is 5.37. The van der Waals surface area contributed by atoms with Gasteiger partial charge in [0.05, 0.1) is 11.4 Å². The molecule has 0 heterocycles. The van der Waals surface area contributed by atoms with Gasteiger partial charge in [0, 0.05) is 5.56 Å². The number of rotatable bonds is 8. The average Bonchev–Trinajstić information content (AvgIpc) is 2.67. The second-order valence-electron chi connectivity index (χ2n) is 6.85. The van der Waals surface area contributed by atoms with E-state index >= 15 is 0 Å². The molecule has 0 aliphatic carbocycles. The highest BCUT2D eigenvalue weighted by molar-refractivity contribution is 6.48. The number of nitrogen functional groups attached to an aromatic ring is 1. The van der Waals surface area contributed by atoms with Gasteiger partial charge < -0.3 is 16.8 Å². The van der Waals surface area contributed by atoms with Crippen LogP contribution in [0.25, 0.3) is 0 Å². The number of nitrogens with zero attached hydrogens (tertiary/aromatic N) is 1. The van der Waals surface area contributed by atoms with E-state index in [9.17, 15) is 9.59 Å². The largest absolute Gasteiger partial charge is 0.397 e. The molecule has 6 nitrogen and oxygen atoms in total. The molecule has 0 radical (unpaired) electrons. The van der Waals surface area contributed by atoms with Gasteiger partial charge in [0.15, 0.2) is 0 Å². The van der Waals surface area contributed by atoms with E-state index in [1.165, 1.54) is 0 Å². The third-order valence-electron chi connectivity index (χ3n) is 4.57. The summed E-state index contributed by atoms with van der Waals surface area (Å²) in [6.45, 7) is 3.88. The van der Waals surface area contributed by atoms with E-state index in [4.69, 9.17) is 34.7 Å². The van der Waals surface area contributed by atoms with Crippen molar-refractivity contribution in [2.75, 3.05) is 11.1 Å². The van der Waals surface area contributed by atoms with Crippen LogP contribution in [0.2, 0.25) is 0 Å². The normalized spacial score (nSPS) is 12.3. The summed E-state index contributed by atoms with van der Waals surface area (Å²) in [5.74, 6) is -0.464. The number of carbonyl (C=O) groups is 2. The molecule has 2 aromatic carbocycles. The Kier molecular flexibility index (Phi) is 7.76. The molecule has 8 heteroatoms. The van der Waals surface area contributed by atoms with Crippen LogP contribution in [0.5, 0.6) is 0 Å². The summed E-state index contributed by atoms with van der Waals surface area (Å²) in [7, 11) is 0. The summed E-state index contributed by atoms with van der Waals surface area (Å²) < 4.78 is -1.82. The van der Waals surface area contributed by atoms with Gasteiger partial charge >= 0.3 is 6.03 Å². The van der Waals surface area contributed by atoms with Crippen molar-refractivity contribution in [1.82, 2.24) is 4.90 Å². The first-order chi connectivity index (χ1) is 13.7. The van der Waals surface area contributed by atoms with E-state index in [-0.39, 0.29) is 0 Å². The quantitative estimate of drug-likeness (QED) is 0.316. The van der Waals surface area contributed by atoms with Crippen LogP contribution in [-0.2, 0) is 9.25 Å². The molecule has 0 saturated carbocycles. The molecule has 0 aromatic heterocycles. The zero-order valence-corrected chi connectivity index (χ0v) is 18.0. The van der Waals surface area contributed by atoms with E-state index in [2.05, 4.69) is 5.32 Å². The summed E-state index contributed by atoms with van der Waals surface area (Å²) in [6, 6.07) is 12.0. The third kappa shape index (κ3) is 5.55. The van der Waals surface area contributed by atoms with E-state index < -0.39 is 22.4 Å². The smallest absolute Gasteiger partial charge is 0.318 e. The zero-order valence-electron chi connectivity index (χ0n) is 16.5. The van der Waals surface area contributed by atoms with Crippen LogP contribution >= 0.6 is 23.2 Å². The molecule has 5 N–H and O–H groups in total. The molecule has 0 unspecified atom stereocenters. The van der Waals surface area contributed by atoms with Gasteiger partial charge in [-0.1, -0.05) is 79.4 Å². The van der Waals surface area contributed by atoms with Crippen molar-refractivity contribution in [3.63, 3.8) is 0 Å². The van der Waals surface area contributed by atoms with Gasteiger partial charge in [-0.05, 0) is 31.0 Å². The number of benzene rings is 2. The van der Waals surface area contributed by atoms with Crippen molar-refractivity contribution in [2.24, 2.45) is 5.73 Å². The maximum Gasteiger partial charge on any atom is 0.318 e. The fraction of sp³-hybridized carbons (Fsp3) is 0.333. The number of nitrogens with two attached hydrogens (primary N) is 2. The van der Waals surface area contributed by atoms with Gasteiger partial charge in [-0.25, -0.2) is 4.79 Å². The fourth-order valence-electron chi connectivity index (χ4n) is 3.05. The number of hydrogen-bond acceptors (Lipinski definition) is 3. The lowest BCUT2D eigenvalue weighted by Gasteiger charge is -2.38. The number of nitrogens with one attached hydrogen (secondary N) is 1. The van der Waals surface area contributed by atoms with Crippen molar-refractivity contribution in [3.8, 4) is 0 Å². The summed E-state index contributed by atoms with van der Waals surface area (Å²) >= 11 is 13.2. The number of amides is 3. The van der Waals surface area contributed by atoms with Crippen LogP contribution in [0.1, 0.15) is 37.3 Å². The average molecular weight is 437 g/mol. The zero-order chi connectivity index (χ0) is 21.6. The highest BCUT2D eigenvalue weighted by atomic mass is 35.5. The number of aryl methyl sites for hydroxylation is 1. The summed E-state index contributed by atoms with van der Waals surface area (Å²) in [5, 5.41) is 2.77. The minimum Gasteiger partial charge on any atom is -0.397 e. The molecule has 2 rings (SSSR count). The maximum absolute atomic E-state index is 13.1. The Morgan fingerprint density at radius 2 is 1.83 bits per heavy atom. The van der Waals surface area contributed by atoms with E-state index in [0.29, 0.717) is 29.8 Å². The summed E-state index contributed by atoms with van der Waals surface area (Å²) in [6.07, 6.45) is 1.82. The van der Waals surface area contributed by atoms with Crippen LogP contribution in [-0.4, -0.2) is 22.9 Å². The van der Waals surface area contributed by atoms with Gasteiger partial charge in [-0.2, -0.15) is 0 Å². The second kappa shape index (κ2) is 9.85. The van der Waals surface area contributed by atoms with E-state index in [1.807, 2.05) is 19.9 Å². The molecule has 156 valence electrons. The second-order valence-corrected chi connectivity index (χ2v) is 8.14. The lowest BCUT2D eigenvalue weighted by Crippen LogP contribution is -2.55. The molecule has 29 heavy (non-hydrogen) atoms. The summed E-state index contributed by atoms with van der Waals surface area (Å²) in [4.78, 5) is 26.5. The first-order valence-corrected chi connectivity index (χ1v) is 10.1. The fourth-order valence-corrected chi connectivity index (χ4v) is 3.71. The number of carbonyl (C=O) groups excluding carboxylic acids is 2. The Bertz CT molecular complexity index is 859. The highest BCUT2D eigenvalue weighted by Crippen LogP contribution is 2.40. The Labute approximate surface area is 181 Å². The van der Waals surface area contributed by atoms with Gasteiger partial charge in [0.1, 0.15) is 6.04 Å². The van der Waals surface area contributed by atoms with Crippen LogP contribution in [0.15, 0.2) is 48.5 Å². The van der Waals surface area contributed by atoms with Crippen LogP contribution in [0.3, 0.4) is 0 Å². The van der Waals surface area contributed by atoms with Crippen molar-refractivity contribution in [3.05, 3.63) is 59.7 Å². The molecule has 2 aromatic rings. The van der Waals surface area contributed by atoms with Crippen molar-refractivity contribution in [2.45, 2.75) is 43.6 Å². The first kappa shape index (κ1) is 22.8. The number of urea groups is 1. The summed E-state index contributed by atoms with van der Waals surface area (Å²) in [5.41, 5.74) is 13.9. The minimum atomic E-state index is -1.82. The van der Waals surface area contributed by atoms with Gasteiger partial charge in [0.2, 0.25) is 10.4 Å². The highest BCUT2D eigenvalue weighted by Gasteiger charge is 2.44. The number of hydrogen-bond donors (Lipinski definition) is 3. The lowest BCUT2D eigenvalue weighted by atomic mass is 10.1. The predicted molar refractivity (Wildman–Crippen MR) is 119 cm³/mol. The number of unbranched alkanes of at least 4 members (excludes halogenated alkanes) is 1. The standard InChI is InChI=1S/C21H26Cl2N4O2/c1-3-4-10-18(19(28)26-17-12-11-14(2)13-16(17)24)27(20(25)29)21(22,23)15-8-6-5-7-9-15/h5-9,11-13,18H,3-4,10,24H2,1-2H3,(H2,25,29)(H,26,28)/t18-/m0/s1. The lowest BCUT2D eigenvalue weighted by molar-refractivity contribution is -0.121. The molecule has 3 amide bonds. The Hall–Kier alpha value is -2.44. The van der Waals surface area contributed by atoms with Gasteiger partial charge in [-0.15, -0.1) is 0 Å². The van der Waals surface area contributed by atoms with Crippen LogP contribution in [0, 0.1) is 6.92 Å². The SMILES string of the molecule is CCCC[C@@H](C(=O)Nc1ccc(C)cc1N)N(C(N)=O)C(Cl)(Cl)c1ccccc1. The number of anilines is 2. The molecule has 0 fully saturated rings. The molecule has 0 bridgehead atoms. The van der Waals surface area contributed by atoms with Crippen molar-refractivity contribution < 1.29 is 9.59 Å². The van der Waals surface area contributed by atoms with E-state index in [0.717, 1.165) is 16.9 Å². The number of primary amides is 1. The Morgan fingerprint density at radius 1 is 1.17 bits per heavy atom. The van der Waals surface area contributed by atoms with Crippen molar-refractivity contribution >= 4 is 46.5 Å². The van der Waals surface area contributed by atoms with E-state index in [1.54, 1.807) is 42.5 Å². The maximum atomic E-state index is 13.1. The van der Waals surface area contributed by atoms with Crippen LogP contribution < -0.4 is 16.8 Å². The minimum absolute atomic E-state index is 0.338. The van der Waals surface area contributed by atoms with Crippen molar-refractivity contribution in [1.29, 1.82) is 0 Å². The predicted octanol–water partition coefficient (Wildman–Crippen LogP) is 4.74. The Morgan fingerprint density at radius 3 is 2.38 bits per heavy atom. The monoisotopic (exact) mass is 436 g/mol. The molecule has 1 atom stereocenters. The molecule has 0 aliphatic heterocycles. The molecule has 0 spiro atoms. The molecule has 0 saturated heterocycles. The topological polar surface area (TPSA) is 101 Å². The van der Waals surface area contributed by atoms with Gasteiger partial charge in [0.25, 0.3) is 0 Å². The molecule has 0 aliphatic rings. The molecular weight excluding hydrogens is 411 g/mol. The number of alkyl halides is 2. The molecular formula is C21H26Cl2N4O2. The first-order valence-electron chi connectivity index (χ1n) is 9.37. The Balaban J connectivity index is 2.40. The van der Waals surface area contributed by atoms with Gasteiger partial charge in [-0.3, -0.25) is 9.69 Å².